The molecule has 0 saturated carbocycles. The first-order chi connectivity index (χ1) is 13.5. The van der Waals surface area contributed by atoms with E-state index in [1.54, 1.807) is 18.0 Å². The van der Waals surface area contributed by atoms with Gasteiger partial charge in [-0.3, -0.25) is 9.59 Å². The van der Waals surface area contributed by atoms with Crippen molar-refractivity contribution in [3.8, 4) is 0 Å². The average molecular weight is 385 g/mol. The van der Waals surface area contributed by atoms with Crippen molar-refractivity contribution in [2.45, 2.75) is 32.7 Å². The molecular weight excluding hydrogens is 358 g/mol. The standard InChI is InChI=1S/C20H27N5O3/c1-14-9-15(2)11-16(10-14)20(27)24-7-4-5-17(12-24)25-13-18(22-23-25)19(26)21-6-8-28-3/h9-11,13,17H,4-8,12H2,1-3H3,(H,21,26)/t17-/m0/s1. The topological polar surface area (TPSA) is 89.4 Å². The van der Waals surface area contributed by atoms with E-state index in [0.717, 1.165) is 36.1 Å². The maximum absolute atomic E-state index is 12.9. The van der Waals surface area contributed by atoms with E-state index in [4.69, 9.17) is 4.74 Å². The summed E-state index contributed by atoms with van der Waals surface area (Å²) in [7, 11) is 1.58. The largest absolute Gasteiger partial charge is 0.383 e. The molecule has 2 aromatic rings. The second-order valence-electron chi connectivity index (χ2n) is 7.26. The SMILES string of the molecule is COCCNC(=O)c1cn([C@H]2CCCN(C(=O)c3cc(C)cc(C)c3)C2)nn1. The van der Waals surface area contributed by atoms with E-state index in [1.807, 2.05) is 30.9 Å². The molecule has 1 atom stereocenters. The molecule has 150 valence electrons. The zero-order chi connectivity index (χ0) is 20.1. The Bertz CT molecular complexity index is 828. The monoisotopic (exact) mass is 385 g/mol. The summed E-state index contributed by atoms with van der Waals surface area (Å²) in [6, 6.07) is 5.93. The van der Waals surface area contributed by atoms with Gasteiger partial charge in [-0.25, -0.2) is 4.68 Å². The molecular formula is C20H27N5O3. The van der Waals surface area contributed by atoms with Crippen molar-refractivity contribution < 1.29 is 14.3 Å². The van der Waals surface area contributed by atoms with Crippen LogP contribution in [0.5, 0.6) is 0 Å². The lowest BCUT2D eigenvalue weighted by Gasteiger charge is -2.32. The number of carbonyl (C=O) groups excluding carboxylic acids is 2. The minimum Gasteiger partial charge on any atom is -0.383 e. The van der Waals surface area contributed by atoms with Crippen LogP contribution in [0.15, 0.2) is 24.4 Å². The minimum absolute atomic E-state index is 0.0108. The van der Waals surface area contributed by atoms with Gasteiger partial charge in [0.25, 0.3) is 11.8 Å². The number of carbonyl (C=O) groups is 2. The van der Waals surface area contributed by atoms with Crippen LogP contribution in [0.2, 0.25) is 0 Å². The summed E-state index contributed by atoms with van der Waals surface area (Å²) in [4.78, 5) is 26.9. The average Bonchev–Trinajstić information content (AvgIpc) is 3.17. The van der Waals surface area contributed by atoms with Crippen LogP contribution in [0, 0.1) is 13.8 Å². The molecule has 8 heteroatoms. The van der Waals surface area contributed by atoms with Crippen molar-refractivity contribution >= 4 is 11.8 Å². The fraction of sp³-hybridized carbons (Fsp3) is 0.500. The molecule has 0 spiro atoms. The van der Waals surface area contributed by atoms with Crippen LogP contribution >= 0.6 is 0 Å². The van der Waals surface area contributed by atoms with Gasteiger partial charge in [0.05, 0.1) is 18.8 Å². The number of hydrogen-bond acceptors (Lipinski definition) is 5. The molecule has 1 aliphatic heterocycles. The van der Waals surface area contributed by atoms with Crippen molar-refractivity contribution in [2.24, 2.45) is 0 Å². The van der Waals surface area contributed by atoms with Gasteiger partial charge in [-0.2, -0.15) is 0 Å². The number of ether oxygens (including phenoxy) is 1. The van der Waals surface area contributed by atoms with Crippen LogP contribution in [-0.2, 0) is 4.74 Å². The summed E-state index contributed by atoms with van der Waals surface area (Å²) in [6.45, 7) is 6.14. The van der Waals surface area contributed by atoms with E-state index in [0.29, 0.717) is 19.7 Å². The van der Waals surface area contributed by atoms with Gasteiger partial charge in [-0.1, -0.05) is 22.4 Å². The third kappa shape index (κ3) is 4.75. The number of hydrogen-bond donors (Lipinski definition) is 1. The van der Waals surface area contributed by atoms with Crippen LogP contribution in [0.1, 0.15) is 50.9 Å². The molecule has 1 N–H and O–H groups in total. The highest BCUT2D eigenvalue weighted by molar-refractivity contribution is 5.94. The molecule has 1 aromatic heterocycles. The highest BCUT2D eigenvalue weighted by atomic mass is 16.5. The zero-order valence-corrected chi connectivity index (χ0v) is 16.6. The van der Waals surface area contributed by atoms with E-state index in [9.17, 15) is 9.59 Å². The van der Waals surface area contributed by atoms with Crippen LogP contribution in [-0.4, -0.2) is 65.1 Å². The lowest BCUT2D eigenvalue weighted by molar-refractivity contribution is 0.0671. The molecule has 1 aromatic carbocycles. The summed E-state index contributed by atoms with van der Waals surface area (Å²) >= 11 is 0. The Hall–Kier alpha value is -2.74. The lowest BCUT2D eigenvalue weighted by atomic mass is 10.0. The van der Waals surface area contributed by atoms with Crippen LogP contribution in [0.3, 0.4) is 0 Å². The Morgan fingerprint density at radius 1 is 1.25 bits per heavy atom. The van der Waals surface area contributed by atoms with E-state index in [-0.39, 0.29) is 23.6 Å². The van der Waals surface area contributed by atoms with Crippen molar-refractivity contribution in [1.29, 1.82) is 0 Å². The molecule has 0 unspecified atom stereocenters. The first-order valence-corrected chi connectivity index (χ1v) is 9.54. The van der Waals surface area contributed by atoms with E-state index >= 15 is 0 Å². The maximum Gasteiger partial charge on any atom is 0.273 e. The fourth-order valence-electron chi connectivity index (χ4n) is 3.55. The van der Waals surface area contributed by atoms with E-state index in [1.165, 1.54) is 0 Å². The van der Waals surface area contributed by atoms with Crippen molar-refractivity contribution in [3.05, 3.63) is 46.8 Å². The van der Waals surface area contributed by atoms with Gasteiger partial charge < -0.3 is 15.0 Å². The highest BCUT2D eigenvalue weighted by Crippen LogP contribution is 2.23. The van der Waals surface area contributed by atoms with Gasteiger partial charge in [0.15, 0.2) is 5.69 Å². The smallest absolute Gasteiger partial charge is 0.273 e. The first kappa shape index (κ1) is 20.0. The van der Waals surface area contributed by atoms with Gasteiger partial charge >= 0.3 is 0 Å². The first-order valence-electron chi connectivity index (χ1n) is 9.54. The fourth-order valence-corrected chi connectivity index (χ4v) is 3.55. The summed E-state index contributed by atoms with van der Waals surface area (Å²) in [5.74, 6) is -0.239. The number of methoxy groups -OCH3 is 1. The summed E-state index contributed by atoms with van der Waals surface area (Å²) in [5, 5.41) is 10.8. The maximum atomic E-state index is 12.9. The van der Waals surface area contributed by atoms with Crippen LogP contribution in [0.4, 0.5) is 0 Å². The number of piperidine rings is 1. The molecule has 0 aliphatic carbocycles. The predicted octanol–water partition coefficient (Wildman–Crippen LogP) is 1.75. The molecule has 2 heterocycles. The second kappa shape index (κ2) is 8.97. The molecule has 2 amide bonds. The molecule has 3 rings (SSSR count). The van der Waals surface area contributed by atoms with Gasteiger partial charge in [0.1, 0.15) is 0 Å². The Labute approximate surface area is 164 Å². The second-order valence-corrected chi connectivity index (χ2v) is 7.26. The van der Waals surface area contributed by atoms with Gasteiger partial charge in [-0.05, 0) is 38.8 Å². The molecule has 28 heavy (non-hydrogen) atoms. The number of likely N-dealkylation sites (tertiary alicyclic amines) is 1. The van der Waals surface area contributed by atoms with Gasteiger partial charge in [-0.15, -0.1) is 5.10 Å². The summed E-state index contributed by atoms with van der Waals surface area (Å²) in [6.07, 6.45) is 3.43. The van der Waals surface area contributed by atoms with E-state index < -0.39 is 0 Å². The Kier molecular flexibility index (Phi) is 6.41. The van der Waals surface area contributed by atoms with Crippen LogP contribution in [0.25, 0.3) is 0 Å². The molecule has 0 bridgehead atoms. The number of nitrogens with one attached hydrogen (secondary N) is 1. The number of aryl methyl sites for hydroxylation is 2. The zero-order valence-electron chi connectivity index (χ0n) is 16.6. The Morgan fingerprint density at radius 2 is 2.00 bits per heavy atom. The van der Waals surface area contributed by atoms with Gasteiger partial charge in [0, 0.05) is 32.3 Å². The van der Waals surface area contributed by atoms with Crippen molar-refractivity contribution in [2.75, 3.05) is 33.4 Å². The summed E-state index contributed by atoms with van der Waals surface area (Å²) in [5.41, 5.74) is 3.15. The number of rotatable bonds is 6. The third-order valence-corrected chi connectivity index (χ3v) is 4.86. The number of benzene rings is 1. The number of amides is 2. The molecule has 1 saturated heterocycles. The molecule has 1 fully saturated rings. The predicted molar refractivity (Wildman–Crippen MR) is 104 cm³/mol. The van der Waals surface area contributed by atoms with Gasteiger partial charge in [0.2, 0.25) is 0 Å². The van der Waals surface area contributed by atoms with E-state index in [2.05, 4.69) is 21.7 Å². The number of nitrogens with zero attached hydrogens (tertiary/aromatic N) is 4. The molecule has 0 radical (unpaired) electrons. The number of aromatic nitrogens is 3. The Balaban J connectivity index is 1.66. The minimum atomic E-state index is -0.276. The highest BCUT2D eigenvalue weighted by Gasteiger charge is 2.27. The molecule has 8 nitrogen and oxygen atoms in total. The third-order valence-electron chi connectivity index (χ3n) is 4.86. The van der Waals surface area contributed by atoms with Crippen LogP contribution < -0.4 is 5.32 Å². The quantitative estimate of drug-likeness (QED) is 0.765. The van der Waals surface area contributed by atoms with Crippen molar-refractivity contribution in [3.63, 3.8) is 0 Å². The van der Waals surface area contributed by atoms with Crippen molar-refractivity contribution in [1.82, 2.24) is 25.2 Å². The summed E-state index contributed by atoms with van der Waals surface area (Å²) < 4.78 is 6.62. The normalized spacial score (nSPS) is 16.8. The molecule has 1 aliphatic rings. The Morgan fingerprint density at radius 3 is 2.71 bits per heavy atom. The lowest BCUT2D eigenvalue weighted by Crippen LogP contribution is -2.41.